The summed E-state index contributed by atoms with van der Waals surface area (Å²) in [6, 6.07) is 0. The molecule has 0 aromatic carbocycles. The first-order chi connectivity index (χ1) is 33.6. The number of aliphatic hydroxyl groups is 1. The molecule has 0 aromatic rings. The topological polar surface area (TPSA) is 72.8 Å². The highest BCUT2D eigenvalue weighted by Crippen LogP contribution is 2.16. The Labute approximate surface area is 422 Å². The summed E-state index contributed by atoms with van der Waals surface area (Å²) in [4.78, 5) is 24.5. The first kappa shape index (κ1) is 65.1. The average molecular weight is 948 g/mol. The molecule has 0 radical (unpaired) electrons. The van der Waals surface area contributed by atoms with Crippen molar-refractivity contribution in [3.63, 3.8) is 0 Å². The third-order valence-corrected chi connectivity index (χ3v) is 12.7. The van der Waals surface area contributed by atoms with Crippen molar-refractivity contribution in [1.29, 1.82) is 0 Å². The third kappa shape index (κ3) is 55.7. The summed E-state index contributed by atoms with van der Waals surface area (Å²) in [5.74, 6) is -0.594. The fraction of sp³-hybridized carbons (Fsp3) is 0.746. The molecule has 5 heteroatoms. The van der Waals surface area contributed by atoms with E-state index in [9.17, 15) is 14.7 Å². The van der Waals surface area contributed by atoms with Gasteiger partial charge in [-0.1, -0.05) is 266 Å². The van der Waals surface area contributed by atoms with Crippen molar-refractivity contribution in [2.75, 3.05) is 13.2 Å². The van der Waals surface area contributed by atoms with Crippen molar-refractivity contribution in [2.24, 2.45) is 0 Å². The quantitative estimate of drug-likeness (QED) is 0.0374. The molecule has 0 fully saturated rings. The number of rotatable bonds is 53. The molecule has 0 amide bonds. The lowest BCUT2D eigenvalue weighted by Crippen LogP contribution is -2.28. The number of ether oxygens (including phenoxy) is 2. The largest absolute Gasteiger partial charge is 0.462 e. The highest BCUT2D eigenvalue weighted by Gasteiger charge is 2.16. The van der Waals surface area contributed by atoms with Crippen LogP contribution in [0.15, 0.2) is 85.1 Å². The van der Waals surface area contributed by atoms with E-state index in [2.05, 4.69) is 98.9 Å². The second-order valence-electron chi connectivity index (χ2n) is 19.3. The monoisotopic (exact) mass is 947 g/mol. The van der Waals surface area contributed by atoms with Crippen molar-refractivity contribution in [1.82, 2.24) is 0 Å². The maximum Gasteiger partial charge on any atom is 0.306 e. The molecule has 1 unspecified atom stereocenters. The molecule has 0 saturated heterocycles. The van der Waals surface area contributed by atoms with Gasteiger partial charge in [0.25, 0.3) is 0 Å². The van der Waals surface area contributed by atoms with Gasteiger partial charge in [0.1, 0.15) is 6.61 Å². The molecule has 392 valence electrons. The van der Waals surface area contributed by atoms with E-state index in [4.69, 9.17) is 9.47 Å². The molecule has 0 rings (SSSR count). The summed E-state index contributed by atoms with van der Waals surface area (Å²) in [6.07, 6.45) is 81.3. The van der Waals surface area contributed by atoms with Crippen LogP contribution >= 0.6 is 0 Å². The number of carbonyl (C=O) groups is 2. The van der Waals surface area contributed by atoms with Crippen LogP contribution in [0, 0.1) is 0 Å². The Morgan fingerprint density at radius 2 is 0.632 bits per heavy atom. The van der Waals surface area contributed by atoms with Gasteiger partial charge in [0.15, 0.2) is 6.10 Å². The summed E-state index contributed by atoms with van der Waals surface area (Å²) >= 11 is 0. The maximum absolute atomic E-state index is 12.3. The lowest BCUT2D eigenvalue weighted by molar-refractivity contribution is -0.161. The first-order valence-corrected chi connectivity index (χ1v) is 29.1. The minimum Gasteiger partial charge on any atom is -0.462 e. The van der Waals surface area contributed by atoms with Crippen molar-refractivity contribution in [2.45, 2.75) is 290 Å². The van der Waals surface area contributed by atoms with Gasteiger partial charge >= 0.3 is 11.9 Å². The molecule has 1 N–H and O–H groups in total. The van der Waals surface area contributed by atoms with Gasteiger partial charge in [-0.15, -0.1) is 0 Å². The molecule has 0 heterocycles. The molecule has 0 aliphatic rings. The van der Waals surface area contributed by atoms with Gasteiger partial charge in [-0.2, -0.15) is 0 Å². The van der Waals surface area contributed by atoms with Gasteiger partial charge in [0.05, 0.1) is 6.61 Å². The second-order valence-corrected chi connectivity index (χ2v) is 19.3. The number of esters is 2. The van der Waals surface area contributed by atoms with Crippen LogP contribution in [-0.4, -0.2) is 36.4 Å². The molecule has 0 aromatic heterocycles. The SMILES string of the molecule is CC/C=C\C/C=C\C/C=C\C/C=C\CCCCCCCCCCC(=O)OC(CO)COC(=O)CCCCCCCCCCCCCCCCCCCC/C=C\C/C=C\C/C=C\CCCCCCC. The molecular formula is C63H110O5. The zero-order valence-corrected chi connectivity index (χ0v) is 44.9. The number of carbonyl (C=O) groups excluding carboxylic acids is 2. The fourth-order valence-corrected chi connectivity index (χ4v) is 8.32. The summed E-state index contributed by atoms with van der Waals surface area (Å²) < 4.78 is 10.7. The fourth-order valence-electron chi connectivity index (χ4n) is 8.32. The van der Waals surface area contributed by atoms with Crippen molar-refractivity contribution < 1.29 is 24.2 Å². The second kappa shape index (κ2) is 58.4. The molecule has 0 aliphatic heterocycles. The van der Waals surface area contributed by atoms with Gasteiger partial charge in [-0.3, -0.25) is 9.59 Å². The minimum atomic E-state index is -0.780. The van der Waals surface area contributed by atoms with Crippen LogP contribution in [0.5, 0.6) is 0 Å². The van der Waals surface area contributed by atoms with Gasteiger partial charge in [0.2, 0.25) is 0 Å². The Bertz CT molecular complexity index is 1250. The van der Waals surface area contributed by atoms with Crippen LogP contribution in [0.2, 0.25) is 0 Å². The normalized spacial score (nSPS) is 12.8. The van der Waals surface area contributed by atoms with E-state index in [0.717, 1.165) is 83.5 Å². The van der Waals surface area contributed by atoms with E-state index in [0.29, 0.717) is 12.8 Å². The molecule has 0 spiro atoms. The zero-order valence-electron chi connectivity index (χ0n) is 44.9. The first-order valence-electron chi connectivity index (χ1n) is 29.1. The Balaban J connectivity index is 3.47. The van der Waals surface area contributed by atoms with Crippen LogP contribution in [0.25, 0.3) is 0 Å². The summed E-state index contributed by atoms with van der Waals surface area (Å²) in [7, 11) is 0. The van der Waals surface area contributed by atoms with Crippen molar-refractivity contribution in [3.05, 3.63) is 85.1 Å². The van der Waals surface area contributed by atoms with Gasteiger partial charge in [-0.05, 0) is 89.9 Å². The Morgan fingerprint density at radius 1 is 0.353 bits per heavy atom. The number of unbranched alkanes of at least 4 members (excludes halogenated alkanes) is 31. The smallest absolute Gasteiger partial charge is 0.306 e. The third-order valence-electron chi connectivity index (χ3n) is 12.7. The lowest BCUT2D eigenvalue weighted by atomic mass is 10.0. The van der Waals surface area contributed by atoms with E-state index in [1.54, 1.807) is 0 Å². The summed E-state index contributed by atoms with van der Waals surface area (Å²) in [5.41, 5.74) is 0. The van der Waals surface area contributed by atoms with E-state index in [1.165, 1.54) is 173 Å². The van der Waals surface area contributed by atoms with E-state index >= 15 is 0 Å². The highest BCUT2D eigenvalue weighted by molar-refractivity contribution is 5.70. The number of allylic oxidation sites excluding steroid dienone is 14. The van der Waals surface area contributed by atoms with Crippen LogP contribution in [0.1, 0.15) is 284 Å². The number of aliphatic hydroxyl groups excluding tert-OH is 1. The van der Waals surface area contributed by atoms with Crippen LogP contribution in [0.4, 0.5) is 0 Å². The molecule has 0 saturated carbocycles. The van der Waals surface area contributed by atoms with E-state index in [1.807, 2.05) is 0 Å². The van der Waals surface area contributed by atoms with Crippen LogP contribution in [-0.2, 0) is 19.1 Å². The Morgan fingerprint density at radius 3 is 0.956 bits per heavy atom. The highest BCUT2D eigenvalue weighted by atomic mass is 16.6. The van der Waals surface area contributed by atoms with Crippen molar-refractivity contribution in [3.8, 4) is 0 Å². The Hall–Kier alpha value is -2.92. The number of hydrogen-bond donors (Lipinski definition) is 1. The molecule has 5 nitrogen and oxygen atoms in total. The molecule has 68 heavy (non-hydrogen) atoms. The lowest BCUT2D eigenvalue weighted by Gasteiger charge is -2.15. The summed E-state index contributed by atoms with van der Waals surface area (Å²) in [6.45, 7) is 4.03. The molecule has 1 atom stereocenters. The van der Waals surface area contributed by atoms with Crippen LogP contribution < -0.4 is 0 Å². The number of hydrogen-bond acceptors (Lipinski definition) is 5. The van der Waals surface area contributed by atoms with E-state index in [-0.39, 0.29) is 25.2 Å². The molecule has 0 aliphatic carbocycles. The average Bonchev–Trinajstić information content (AvgIpc) is 3.34. The predicted molar refractivity (Wildman–Crippen MR) is 297 cm³/mol. The van der Waals surface area contributed by atoms with Crippen LogP contribution in [0.3, 0.4) is 0 Å². The maximum atomic E-state index is 12.3. The van der Waals surface area contributed by atoms with E-state index < -0.39 is 6.10 Å². The molecule has 0 bridgehead atoms. The Kier molecular flexibility index (Phi) is 55.9. The van der Waals surface area contributed by atoms with Gasteiger partial charge in [0, 0.05) is 12.8 Å². The predicted octanol–water partition coefficient (Wildman–Crippen LogP) is 19.8. The molecular weight excluding hydrogens is 837 g/mol. The summed E-state index contributed by atoms with van der Waals surface area (Å²) in [5, 5.41) is 9.65. The zero-order chi connectivity index (χ0) is 49.2. The van der Waals surface area contributed by atoms with Gasteiger partial charge < -0.3 is 14.6 Å². The minimum absolute atomic E-state index is 0.0705. The van der Waals surface area contributed by atoms with Gasteiger partial charge in [-0.25, -0.2) is 0 Å². The standard InChI is InChI=1S/C63H110O5/c1-3-5-7-9-11-13-15-17-19-21-23-25-26-27-28-29-30-31-32-33-34-35-36-38-39-41-43-45-47-49-51-53-55-57-62(65)67-60-61(59-64)68-63(66)58-56-54-52-50-48-46-44-42-40-37-24-22-20-18-16-14-12-10-8-6-4-2/h6,8,12,14-15,17-18,20-21,23-24,26-27,37,61,64H,3-5,7,9-11,13,16,19,22,25,28-36,38-60H2,1-2H3/b8-6-,14-12-,17-15-,20-18-,23-21-,27-26-,37-24-. The van der Waals surface area contributed by atoms with Crippen molar-refractivity contribution >= 4 is 11.9 Å².